The van der Waals surface area contributed by atoms with Crippen LogP contribution in [0, 0.1) is 0 Å². The Hall–Kier alpha value is -2.22. The van der Waals surface area contributed by atoms with Crippen molar-refractivity contribution in [3.8, 4) is 0 Å². The minimum absolute atomic E-state index is 0.198. The van der Waals surface area contributed by atoms with E-state index in [-0.39, 0.29) is 12.6 Å². The zero-order valence-electron chi connectivity index (χ0n) is 13.1. The van der Waals surface area contributed by atoms with Crippen LogP contribution in [0.2, 0.25) is 0 Å². The Morgan fingerprint density at radius 2 is 1.96 bits per heavy atom. The quantitative estimate of drug-likeness (QED) is 0.604. The Morgan fingerprint density at radius 1 is 1.26 bits per heavy atom. The molecule has 23 heavy (non-hydrogen) atoms. The van der Waals surface area contributed by atoms with Crippen molar-refractivity contribution in [3.05, 3.63) is 22.4 Å². The molecular formula is C15H19N3O4S. The van der Waals surface area contributed by atoms with Gasteiger partial charge in [-0.15, -0.1) is 11.3 Å². The SMILES string of the molecule is CCCCN1C(=O)C(=O)N(CC(=O)NC(C)c2cccs2)C1=O. The summed E-state index contributed by atoms with van der Waals surface area (Å²) in [6.07, 6.45) is 1.42. The third-order valence-corrected chi connectivity index (χ3v) is 4.57. The predicted octanol–water partition coefficient (Wildman–Crippen LogP) is 1.52. The van der Waals surface area contributed by atoms with Gasteiger partial charge in [-0.2, -0.15) is 0 Å². The molecule has 0 bridgehead atoms. The molecule has 8 heteroatoms. The van der Waals surface area contributed by atoms with Gasteiger partial charge in [-0.1, -0.05) is 19.4 Å². The van der Waals surface area contributed by atoms with E-state index in [4.69, 9.17) is 0 Å². The van der Waals surface area contributed by atoms with Gasteiger partial charge < -0.3 is 5.32 Å². The second-order valence-corrected chi connectivity index (χ2v) is 6.27. The number of unbranched alkanes of at least 4 members (excludes halogenated alkanes) is 1. The van der Waals surface area contributed by atoms with E-state index in [2.05, 4.69) is 5.32 Å². The molecule has 0 aliphatic carbocycles. The number of hydrogen-bond donors (Lipinski definition) is 1. The number of hydrogen-bond acceptors (Lipinski definition) is 5. The van der Waals surface area contributed by atoms with Crippen molar-refractivity contribution >= 4 is 35.1 Å². The summed E-state index contributed by atoms with van der Waals surface area (Å²) >= 11 is 1.50. The van der Waals surface area contributed by atoms with Crippen LogP contribution in [0.15, 0.2) is 17.5 Å². The van der Waals surface area contributed by atoms with Gasteiger partial charge in [0, 0.05) is 11.4 Å². The molecule has 7 nitrogen and oxygen atoms in total. The van der Waals surface area contributed by atoms with Crippen LogP contribution in [0.25, 0.3) is 0 Å². The van der Waals surface area contributed by atoms with Crippen molar-refractivity contribution in [2.24, 2.45) is 0 Å². The van der Waals surface area contributed by atoms with Gasteiger partial charge in [0.05, 0.1) is 6.04 Å². The zero-order chi connectivity index (χ0) is 17.0. The van der Waals surface area contributed by atoms with Crippen LogP contribution in [-0.2, 0) is 14.4 Å². The molecule has 1 aliphatic heterocycles. The molecule has 2 rings (SSSR count). The van der Waals surface area contributed by atoms with Crippen molar-refractivity contribution in [2.45, 2.75) is 32.7 Å². The van der Waals surface area contributed by atoms with Crippen molar-refractivity contribution in [2.75, 3.05) is 13.1 Å². The molecule has 0 saturated carbocycles. The minimum Gasteiger partial charge on any atom is -0.347 e. The molecule has 1 fully saturated rings. The number of thiophene rings is 1. The lowest BCUT2D eigenvalue weighted by Crippen LogP contribution is -2.42. The largest absolute Gasteiger partial charge is 0.347 e. The maximum Gasteiger partial charge on any atom is 0.334 e. The van der Waals surface area contributed by atoms with Gasteiger partial charge >= 0.3 is 17.8 Å². The Bertz CT molecular complexity index is 614. The minimum atomic E-state index is -0.940. The molecule has 1 aromatic rings. The maximum atomic E-state index is 12.1. The highest BCUT2D eigenvalue weighted by atomic mass is 32.1. The molecule has 1 unspecified atom stereocenters. The summed E-state index contributed by atoms with van der Waals surface area (Å²) in [6.45, 7) is 3.49. The fourth-order valence-electron chi connectivity index (χ4n) is 2.24. The summed E-state index contributed by atoms with van der Waals surface area (Å²) in [7, 11) is 0. The fraction of sp³-hybridized carbons (Fsp3) is 0.467. The molecule has 1 atom stereocenters. The predicted molar refractivity (Wildman–Crippen MR) is 84.6 cm³/mol. The van der Waals surface area contributed by atoms with Gasteiger partial charge in [-0.3, -0.25) is 19.3 Å². The van der Waals surface area contributed by atoms with Crippen LogP contribution in [0.1, 0.15) is 37.6 Å². The molecule has 1 aliphatic rings. The first-order valence-corrected chi connectivity index (χ1v) is 8.33. The highest BCUT2D eigenvalue weighted by Crippen LogP contribution is 2.18. The number of nitrogens with zero attached hydrogens (tertiary/aromatic N) is 2. The second-order valence-electron chi connectivity index (χ2n) is 5.29. The highest BCUT2D eigenvalue weighted by Gasteiger charge is 2.44. The van der Waals surface area contributed by atoms with Crippen LogP contribution in [0.3, 0.4) is 0 Å². The molecule has 0 spiro atoms. The average molecular weight is 337 g/mol. The van der Waals surface area contributed by atoms with E-state index in [9.17, 15) is 19.2 Å². The zero-order valence-corrected chi connectivity index (χ0v) is 13.9. The summed E-state index contributed by atoms with van der Waals surface area (Å²) in [5.74, 6) is -2.27. The van der Waals surface area contributed by atoms with Gasteiger partial charge in [-0.25, -0.2) is 9.69 Å². The number of imide groups is 2. The Labute approximate surface area is 138 Å². The number of nitrogens with one attached hydrogen (secondary N) is 1. The van der Waals surface area contributed by atoms with Crippen LogP contribution >= 0.6 is 11.3 Å². The van der Waals surface area contributed by atoms with Gasteiger partial charge in [0.15, 0.2) is 0 Å². The van der Waals surface area contributed by atoms with Crippen molar-refractivity contribution in [3.63, 3.8) is 0 Å². The molecule has 1 N–H and O–H groups in total. The topological polar surface area (TPSA) is 86.8 Å². The Kier molecular flexibility index (Phi) is 5.49. The number of amides is 5. The molecular weight excluding hydrogens is 318 g/mol. The summed E-state index contributed by atoms with van der Waals surface area (Å²) < 4.78 is 0. The molecule has 0 aromatic carbocycles. The van der Waals surface area contributed by atoms with E-state index < -0.39 is 30.3 Å². The Balaban J connectivity index is 1.96. The molecule has 1 saturated heterocycles. The van der Waals surface area contributed by atoms with E-state index >= 15 is 0 Å². The van der Waals surface area contributed by atoms with Gasteiger partial charge in [-0.05, 0) is 24.8 Å². The molecule has 0 radical (unpaired) electrons. The van der Waals surface area contributed by atoms with Gasteiger partial charge in [0.25, 0.3) is 0 Å². The van der Waals surface area contributed by atoms with Crippen molar-refractivity contribution in [1.82, 2.24) is 15.1 Å². The Morgan fingerprint density at radius 3 is 2.57 bits per heavy atom. The maximum absolute atomic E-state index is 12.1. The standard InChI is InChI=1S/C15H19N3O4S/c1-3-4-7-17-13(20)14(21)18(15(17)22)9-12(19)16-10(2)11-6-5-8-23-11/h5-6,8,10H,3-4,7,9H2,1-2H3,(H,16,19). The second kappa shape index (κ2) is 7.36. The fourth-order valence-corrected chi connectivity index (χ4v) is 2.98. The molecule has 1 aromatic heterocycles. The first-order valence-electron chi connectivity index (χ1n) is 7.45. The molecule has 5 amide bonds. The highest BCUT2D eigenvalue weighted by molar-refractivity contribution is 7.10. The molecule has 124 valence electrons. The van der Waals surface area contributed by atoms with E-state index in [0.29, 0.717) is 11.3 Å². The summed E-state index contributed by atoms with van der Waals surface area (Å²) in [5, 5.41) is 4.62. The van der Waals surface area contributed by atoms with Gasteiger partial charge in [0.2, 0.25) is 5.91 Å². The normalized spacial score (nSPS) is 16.2. The van der Waals surface area contributed by atoms with E-state index in [1.54, 1.807) is 0 Å². The third-order valence-electron chi connectivity index (χ3n) is 3.52. The monoisotopic (exact) mass is 337 g/mol. The van der Waals surface area contributed by atoms with Crippen LogP contribution in [-0.4, -0.2) is 46.6 Å². The van der Waals surface area contributed by atoms with Gasteiger partial charge in [0.1, 0.15) is 6.54 Å². The average Bonchev–Trinajstić information content (AvgIpc) is 3.11. The van der Waals surface area contributed by atoms with Crippen LogP contribution < -0.4 is 5.32 Å². The lowest BCUT2D eigenvalue weighted by Gasteiger charge is -2.17. The lowest BCUT2D eigenvalue weighted by atomic mass is 10.2. The first kappa shape index (κ1) is 17.1. The van der Waals surface area contributed by atoms with E-state index in [0.717, 1.165) is 16.2 Å². The number of carbonyl (C=O) groups is 4. The van der Waals surface area contributed by atoms with E-state index in [1.807, 2.05) is 31.4 Å². The summed E-state index contributed by atoms with van der Waals surface area (Å²) in [5.41, 5.74) is 0. The lowest BCUT2D eigenvalue weighted by molar-refractivity contribution is -0.144. The number of urea groups is 1. The number of rotatable bonds is 7. The van der Waals surface area contributed by atoms with Crippen LogP contribution in [0.5, 0.6) is 0 Å². The van der Waals surface area contributed by atoms with Crippen molar-refractivity contribution < 1.29 is 19.2 Å². The van der Waals surface area contributed by atoms with Crippen molar-refractivity contribution in [1.29, 1.82) is 0 Å². The molecule has 2 heterocycles. The first-order chi connectivity index (χ1) is 11.0. The number of carbonyl (C=O) groups excluding carboxylic acids is 4. The smallest absolute Gasteiger partial charge is 0.334 e. The van der Waals surface area contributed by atoms with E-state index in [1.165, 1.54) is 11.3 Å². The summed E-state index contributed by atoms with van der Waals surface area (Å²) in [6, 6.07) is 2.83. The summed E-state index contributed by atoms with van der Waals surface area (Å²) in [4.78, 5) is 50.4. The van der Waals surface area contributed by atoms with Crippen LogP contribution in [0.4, 0.5) is 4.79 Å². The third kappa shape index (κ3) is 3.76.